The molecule has 6 nitrogen and oxygen atoms in total. The Morgan fingerprint density at radius 2 is 1.90 bits per heavy atom. The third kappa shape index (κ3) is 2.16. The molecule has 0 radical (unpaired) electrons. The second-order valence-corrected chi connectivity index (χ2v) is 4.68. The first kappa shape index (κ1) is 13.8. The average Bonchev–Trinajstić information content (AvgIpc) is 2.73. The second kappa shape index (κ2) is 4.80. The molecule has 0 saturated carbocycles. The van der Waals surface area contributed by atoms with Crippen molar-refractivity contribution < 1.29 is 14.8 Å². The summed E-state index contributed by atoms with van der Waals surface area (Å²) in [6.07, 6.45) is 0. The highest BCUT2D eigenvalue weighted by molar-refractivity contribution is 5.87. The molecule has 0 amide bonds. The topological polar surface area (TPSA) is 85.4 Å². The van der Waals surface area contributed by atoms with E-state index < -0.39 is 10.9 Å². The Bertz CT molecular complexity index is 716. The molecular weight excluding hydrogens is 260 g/mol. The molecule has 1 aromatic heterocycles. The number of carbonyl (C=O) groups is 1. The lowest BCUT2D eigenvalue weighted by Gasteiger charge is -2.10. The normalized spacial score (nSPS) is 10.6. The molecule has 2 rings (SSSR count). The molecule has 0 aliphatic heterocycles. The van der Waals surface area contributed by atoms with E-state index in [-0.39, 0.29) is 11.4 Å². The molecule has 0 spiro atoms. The molecule has 0 bridgehead atoms. The van der Waals surface area contributed by atoms with E-state index in [0.29, 0.717) is 5.56 Å². The summed E-state index contributed by atoms with van der Waals surface area (Å²) in [5.41, 5.74) is 3.05. The lowest BCUT2D eigenvalue weighted by atomic mass is 10.0. The molecular formula is C14H14N2O4. The van der Waals surface area contributed by atoms with Crippen LogP contribution in [0.1, 0.15) is 21.6 Å². The second-order valence-electron chi connectivity index (χ2n) is 4.68. The van der Waals surface area contributed by atoms with Gasteiger partial charge in [-0.2, -0.15) is 0 Å². The van der Waals surface area contributed by atoms with Crippen molar-refractivity contribution in [2.24, 2.45) is 7.05 Å². The van der Waals surface area contributed by atoms with Gasteiger partial charge in [0.05, 0.1) is 4.92 Å². The number of hydrogen-bond donors (Lipinski definition) is 1. The maximum absolute atomic E-state index is 11.1. The Morgan fingerprint density at radius 3 is 2.40 bits per heavy atom. The molecule has 6 heteroatoms. The molecule has 0 aliphatic rings. The van der Waals surface area contributed by atoms with Crippen molar-refractivity contribution in [3.63, 3.8) is 0 Å². The van der Waals surface area contributed by atoms with Crippen LogP contribution in [0, 0.1) is 24.0 Å². The van der Waals surface area contributed by atoms with Crippen molar-refractivity contribution in [1.29, 1.82) is 0 Å². The van der Waals surface area contributed by atoms with E-state index in [9.17, 15) is 14.9 Å². The van der Waals surface area contributed by atoms with Crippen LogP contribution in [-0.2, 0) is 7.05 Å². The summed E-state index contributed by atoms with van der Waals surface area (Å²) < 4.78 is 1.57. The maximum Gasteiger partial charge on any atom is 0.352 e. The van der Waals surface area contributed by atoms with Crippen molar-refractivity contribution in [2.75, 3.05) is 0 Å². The van der Waals surface area contributed by atoms with Crippen LogP contribution >= 0.6 is 0 Å². The van der Waals surface area contributed by atoms with Crippen LogP contribution in [0.15, 0.2) is 24.3 Å². The smallest absolute Gasteiger partial charge is 0.352 e. The van der Waals surface area contributed by atoms with Crippen molar-refractivity contribution in [3.8, 4) is 11.3 Å². The minimum absolute atomic E-state index is 0.0684. The van der Waals surface area contributed by atoms with Crippen LogP contribution in [0.3, 0.4) is 0 Å². The van der Waals surface area contributed by atoms with Crippen molar-refractivity contribution >= 4 is 11.7 Å². The van der Waals surface area contributed by atoms with Gasteiger partial charge in [0.15, 0.2) is 0 Å². The molecule has 0 atom stereocenters. The van der Waals surface area contributed by atoms with Gasteiger partial charge in [-0.25, -0.2) is 4.79 Å². The summed E-state index contributed by atoms with van der Waals surface area (Å²) >= 11 is 0. The predicted octanol–water partition coefficient (Wildman–Crippen LogP) is 2.92. The number of aromatic carboxylic acids is 1. The van der Waals surface area contributed by atoms with Crippen LogP contribution in [0.25, 0.3) is 11.3 Å². The molecule has 0 saturated heterocycles. The zero-order valence-corrected chi connectivity index (χ0v) is 11.4. The summed E-state index contributed by atoms with van der Waals surface area (Å²) in [4.78, 5) is 21.5. The number of aryl methyl sites for hydroxylation is 2. The van der Waals surface area contributed by atoms with Gasteiger partial charge < -0.3 is 9.67 Å². The van der Waals surface area contributed by atoms with E-state index in [4.69, 9.17) is 5.11 Å². The van der Waals surface area contributed by atoms with Gasteiger partial charge in [0.2, 0.25) is 0 Å². The molecule has 1 heterocycles. The quantitative estimate of drug-likeness (QED) is 0.688. The van der Waals surface area contributed by atoms with Crippen LogP contribution in [0.4, 0.5) is 5.69 Å². The first-order valence-corrected chi connectivity index (χ1v) is 5.98. The summed E-state index contributed by atoms with van der Waals surface area (Å²) in [5.74, 6) is -1.00. The van der Waals surface area contributed by atoms with Crippen LogP contribution in [0.5, 0.6) is 0 Å². The predicted molar refractivity (Wildman–Crippen MR) is 73.9 cm³/mol. The monoisotopic (exact) mass is 274 g/mol. The van der Waals surface area contributed by atoms with E-state index >= 15 is 0 Å². The van der Waals surface area contributed by atoms with Crippen LogP contribution < -0.4 is 0 Å². The molecule has 20 heavy (non-hydrogen) atoms. The zero-order chi connectivity index (χ0) is 15.0. The van der Waals surface area contributed by atoms with Gasteiger partial charge in [0.25, 0.3) is 5.69 Å². The SMILES string of the molecule is Cc1cc([N+](=O)[O-])c(C)cc1-c1ccc(C(=O)O)n1C. The Hall–Kier alpha value is -2.63. The number of rotatable bonds is 3. The van der Waals surface area contributed by atoms with Gasteiger partial charge in [0.1, 0.15) is 5.69 Å². The van der Waals surface area contributed by atoms with Crippen molar-refractivity contribution in [2.45, 2.75) is 13.8 Å². The molecule has 104 valence electrons. The third-order valence-electron chi connectivity index (χ3n) is 3.36. The van der Waals surface area contributed by atoms with E-state index in [0.717, 1.165) is 16.8 Å². The average molecular weight is 274 g/mol. The first-order valence-electron chi connectivity index (χ1n) is 5.98. The Labute approximate surface area is 115 Å². The maximum atomic E-state index is 11.1. The molecule has 0 aliphatic carbocycles. The molecule has 2 aromatic rings. The summed E-state index contributed by atoms with van der Waals surface area (Å²) in [6.45, 7) is 3.44. The van der Waals surface area contributed by atoms with Crippen molar-refractivity contribution in [3.05, 3.63) is 51.2 Å². The number of aromatic nitrogens is 1. The molecule has 0 fully saturated rings. The number of carboxylic acid groups (broad SMARTS) is 1. The highest BCUT2D eigenvalue weighted by Crippen LogP contribution is 2.30. The summed E-state index contributed by atoms with van der Waals surface area (Å²) in [5, 5.41) is 20.0. The van der Waals surface area contributed by atoms with E-state index in [1.165, 1.54) is 12.1 Å². The Kier molecular flexibility index (Phi) is 3.31. The summed E-state index contributed by atoms with van der Waals surface area (Å²) in [6, 6.07) is 6.46. The third-order valence-corrected chi connectivity index (χ3v) is 3.36. The number of nitro benzene ring substituents is 1. The fourth-order valence-corrected chi connectivity index (χ4v) is 2.27. The van der Waals surface area contributed by atoms with Gasteiger partial charge >= 0.3 is 5.97 Å². The van der Waals surface area contributed by atoms with E-state index in [2.05, 4.69) is 0 Å². The summed E-state index contributed by atoms with van der Waals surface area (Å²) in [7, 11) is 1.66. The number of hydrogen-bond acceptors (Lipinski definition) is 3. The number of carboxylic acids is 1. The lowest BCUT2D eigenvalue weighted by Crippen LogP contribution is -2.05. The number of benzene rings is 1. The minimum atomic E-state index is -1.00. The highest BCUT2D eigenvalue weighted by atomic mass is 16.6. The minimum Gasteiger partial charge on any atom is -0.477 e. The zero-order valence-electron chi connectivity index (χ0n) is 11.4. The fourth-order valence-electron chi connectivity index (χ4n) is 2.27. The van der Waals surface area contributed by atoms with Crippen LogP contribution in [-0.4, -0.2) is 20.6 Å². The number of nitro groups is 1. The van der Waals surface area contributed by atoms with Gasteiger partial charge in [-0.1, -0.05) is 0 Å². The number of nitrogens with zero attached hydrogens (tertiary/aromatic N) is 2. The standard InChI is InChI=1S/C14H14N2O4/c1-8-7-13(16(19)20)9(2)6-10(8)11-4-5-12(14(17)18)15(11)3/h4-7H,1-3H3,(H,17,18). The van der Waals surface area contributed by atoms with Gasteiger partial charge in [-0.3, -0.25) is 10.1 Å². The Balaban J connectivity index is 2.62. The fraction of sp³-hybridized carbons (Fsp3) is 0.214. The van der Waals surface area contributed by atoms with Gasteiger partial charge in [0, 0.05) is 29.9 Å². The van der Waals surface area contributed by atoms with Gasteiger partial charge in [-0.05, 0) is 37.6 Å². The first-order chi connectivity index (χ1) is 9.32. The van der Waals surface area contributed by atoms with Gasteiger partial charge in [-0.15, -0.1) is 0 Å². The van der Waals surface area contributed by atoms with E-state index in [1.54, 1.807) is 37.6 Å². The largest absolute Gasteiger partial charge is 0.477 e. The molecule has 0 unspecified atom stereocenters. The van der Waals surface area contributed by atoms with Crippen molar-refractivity contribution in [1.82, 2.24) is 4.57 Å². The highest BCUT2D eigenvalue weighted by Gasteiger charge is 2.18. The molecule has 1 N–H and O–H groups in total. The van der Waals surface area contributed by atoms with E-state index in [1.807, 2.05) is 0 Å². The Morgan fingerprint density at radius 1 is 1.25 bits per heavy atom. The lowest BCUT2D eigenvalue weighted by molar-refractivity contribution is -0.385. The van der Waals surface area contributed by atoms with Crippen LogP contribution in [0.2, 0.25) is 0 Å². The molecule has 1 aromatic carbocycles.